The van der Waals surface area contributed by atoms with Crippen LogP contribution < -0.4 is 4.74 Å². The van der Waals surface area contributed by atoms with Gasteiger partial charge >= 0.3 is 0 Å². The van der Waals surface area contributed by atoms with Gasteiger partial charge in [0.25, 0.3) is 0 Å². The fourth-order valence-corrected chi connectivity index (χ4v) is 5.19. The molecule has 3 aromatic rings. The molecule has 1 atom stereocenters. The number of sulfonamides is 1. The van der Waals surface area contributed by atoms with E-state index in [0.29, 0.717) is 23.9 Å². The third-order valence-corrected chi connectivity index (χ3v) is 6.98. The number of hydrogen-bond acceptors (Lipinski definition) is 3. The molecule has 0 unspecified atom stereocenters. The van der Waals surface area contributed by atoms with Gasteiger partial charge in [0.1, 0.15) is 5.75 Å². The maximum Gasteiger partial charge on any atom is 0.244 e. The summed E-state index contributed by atoms with van der Waals surface area (Å²) in [5.41, 5.74) is 1.83. The lowest BCUT2D eigenvalue weighted by Crippen LogP contribution is -2.42. The van der Waals surface area contributed by atoms with E-state index < -0.39 is 16.1 Å². The molecule has 0 saturated carbocycles. The second-order valence-electron chi connectivity index (χ2n) is 6.37. The van der Waals surface area contributed by atoms with Crippen molar-refractivity contribution in [3.63, 3.8) is 0 Å². The molecule has 0 fully saturated rings. The van der Waals surface area contributed by atoms with E-state index >= 15 is 0 Å². The largest absolute Gasteiger partial charge is 0.497 e. The van der Waals surface area contributed by atoms with Crippen molar-refractivity contribution in [3.8, 4) is 5.75 Å². The number of ether oxygens (including phenoxy) is 1. The third kappa shape index (κ3) is 3.25. The summed E-state index contributed by atoms with van der Waals surface area (Å²) in [6.07, 6.45) is 1.98. The average Bonchev–Trinajstić information content (AvgIpc) is 3.17. The van der Waals surface area contributed by atoms with Gasteiger partial charge in [-0.2, -0.15) is 4.31 Å². The molecule has 4 rings (SSSR count). The predicted octanol–water partition coefficient (Wildman–Crippen LogP) is 3.94. The summed E-state index contributed by atoms with van der Waals surface area (Å²) in [6, 6.07) is 17.3. The highest BCUT2D eigenvalue weighted by Gasteiger charge is 2.37. The molecule has 0 N–H and O–H groups in total. The molecule has 140 valence electrons. The summed E-state index contributed by atoms with van der Waals surface area (Å²) >= 11 is 6.03. The molecular weight excluding hydrogens is 384 g/mol. The smallest absolute Gasteiger partial charge is 0.244 e. The zero-order chi connectivity index (χ0) is 19.0. The number of nitrogens with zero attached hydrogens (tertiary/aromatic N) is 2. The van der Waals surface area contributed by atoms with Crippen LogP contribution in [0.1, 0.15) is 17.3 Å². The van der Waals surface area contributed by atoms with E-state index in [9.17, 15) is 8.42 Å². The third-order valence-electron chi connectivity index (χ3n) is 4.85. The fourth-order valence-electron chi connectivity index (χ4n) is 3.49. The average molecular weight is 403 g/mol. The van der Waals surface area contributed by atoms with Crippen molar-refractivity contribution >= 4 is 21.6 Å². The number of methoxy groups -OCH3 is 1. The summed E-state index contributed by atoms with van der Waals surface area (Å²) in [7, 11) is -2.13. The van der Waals surface area contributed by atoms with Crippen molar-refractivity contribution in [1.29, 1.82) is 0 Å². The van der Waals surface area contributed by atoms with E-state index in [1.165, 1.54) is 0 Å². The maximum atomic E-state index is 13.4. The van der Waals surface area contributed by atoms with Crippen molar-refractivity contribution in [2.45, 2.75) is 17.5 Å². The molecule has 27 heavy (non-hydrogen) atoms. The summed E-state index contributed by atoms with van der Waals surface area (Å²) in [4.78, 5) is 0.252. The molecule has 7 heteroatoms. The highest BCUT2D eigenvalue weighted by atomic mass is 35.5. The lowest BCUT2D eigenvalue weighted by molar-refractivity contribution is 0.298. The molecule has 0 spiro atoms. The first-order valence-corrected chi connectivity index (χ1v) is 10.4. The Kier molecular flexibility index (Phi) is 4.72. The van der Waals surface area contributed by atoms with Gasteiger partial charge < -0.3 is 9.30 Å². The molecule has 2 aromatic carbocycles. The highest BCUT2D eigenvalue weighted by Crippen LogP contribution is 2.37. The number of benzene rings is 2. The Labute approximate surface area is 163 Å². The Morgan fingerprint density at radius 3 is 2.37 bits per heavy atom. The first-order valence-electron chi connectivity index (χ1n) is 8.57. The van der Waals surface area contributed by atoms with E-state index in [1.807, 2.05) is 30.5 Å². The minimum absolute atomic E-state index is 0.252. The van der Waals surface area contributed by atoms with Crippen LogP contribution in [0.2, 0.25) is 5.02 Å². The molecule has 0 saturated heterocycles. The van der Waals surface area contributed by atoms with Gasteiger partial charge in [-0.15, -0.1) is 0 Å². The molecular formula is C20H19ClN2O3S. The predicted molar refractivity (Wildman–Crippen MR) is 105 cm³/mol. The van der Waals surface area contributed by atoms with Gasteiger partial charge in [-0.05, 0) is 54.1 Å². The van der Waals surface area contributed by atoms with Crippen LogP contribution in [-0.4, -0.2) is 30.9 Å². The van der Waals surface area contributed by atoms with E-state index in [-0.39, 0.29) is 4.90 Å². The number of rotatable bonds is 4. The van der Waals surface area contributed by atoms with Crippen LogP contribution in [0.3, 0.4) is 0 Å². The van der Waals surface area contributed by atoms with Gasteiger partial charge in [-0.25, -0.2) is 8.42 Å². The standard InChI is InChI=1S/C20H19ClN2O3S/c1-26-17-8-10-18(11-9-17)27(24,25)23-14-13-22-12-2-3-19(22)20(23)15-4-6-16(21)7-5-15/h2-12,20H,13-14H2,1H3/t20-/m1/s1. The maximum absolute atomic E-state index is 13.4. The monoisotopic (exact) mass is 402 g/mol. The number of fused-ring (bicyclic) bond motifs is 1. The zero-order valence-corrected chi connectivity index (χ0v) is 16.3. The zero-order valence-electron chi connectivity index (χ0n) is 14.7. The van der Waals surface area contributed by atoms with E-state index in [4.69, 9.17) is 16.3 Å². The molecule has 2 heterocycles. The molecule has 0 aliphatic carbocycles. The van der Waals surface area contributed by atoms with Crippen molar-refractivity contribution in [1.82, 2.24) is 8.87 Å². The molecule has 5 nitrogen and oxygen atoms in total. The van der Waals surface area contributed by atoms with Crippen molar-refractivity contribution < 1.29 is 13.2 Å². The van der Waals surface area contributed by atoms with Gasteiger partial charge in [0.2, 0.25) is 10.0 Å². The fraction of sp³-hybridized carbons (Fsp3) is 0.200. The first-order chi connectivity index (χ1) is 13.0. The molecule has 1 aliphatic rings. The van der Waals surface area contributed by atoms with Gasteiger partial charge in [0, 0.05) is 30.0 Å². The van der Waals surface area contributed by atoms with Crippen molar-refractivity contribution in [2.75, 3.05) is 13.7 Å². The molecule has 1 aliphatic heterocycles. The summed E-state index contributed by atoms with van der Waals surface area (Å²) in [5.74, 6) is 0.621. The van der Waals surface area contributed by atoms with E-state index in [0.717, 1.165) is 11.3 Å². The van der Waals surface area contributed by atoms with Crippen molar-refractivity contribution in [3.05, 3.63) is 83.1 Å². The van der Waals surface area contributed by atoms with Gasteiger partial charge in [0.05, 0.1) is 18.0 Å². The minimum Gasteiger partial charge on any atom is -0.497 e. The minimum atomic E-state index is -3.68. The first kappa shape index (κ1) is 18.1. The van der Waals surface area contributed by atoms with Crippen LogP contribution in [0.25, 0.3) is 0 Å². The Morgan fingerprint density at radius 1 is 1.00 bits per heavy atom. The van der Waals surface area contributed by atoms with E-state index in [2.05, 4.69) is 4.57 Å². The second-order valence-corrected chi connectivity index (χ2v) is 8.70. The Balaban J connectivity index is 1.80. The summed E-state index contributed by atoms with van der Waals surface area (Å²) in [5, 5.41) is 0.620. The van der Waals surface area contributed by atoms with Crippen LogP contribution in [0, 0.1) is 0 Å². The van der Waals surface area contributed by atoms with Gasteiger partial charge in [-0.3, -0.25) is 0 Å². The van der Waals surface area contributed by atoms with Crippen LogP contribution in [0.15, 0.2) is 71.8 Å². The van der Waals surface area contributed by atoms with Gasteiger partial charge in [0.15, 0.2) is 0 Å². The lowest BCUT2D eigenvalue weighted by Gasteiger charge is -2.36. The second kappa shape index (κ2) is 7.03. The Morgan fingerprint density at radius 2 is 1.70 bits per heavy atom. The highest BCUT2D eigenvalue weighted by molar-refractivity contribution is 7.89. The summed E-state index contributed by atoms with van der Waals surface area (Å²) < 4.78 is 35.6. The molecule has 0 bridgehead atoms. The number of halogens is 1. The number of hydrogen-bond donors (Lipinski definition) is 0. The van der Waals surface area contributed by atoms with Crippen LogP contribution in [-0.2, 0) is 16.6 Å². The van der Waals surface area contributed by atoms with Crippen molar-refractivity contribution in [2.24, 2.45) is 0 Å². The van der Waals surface area contributed by atoms with E-state index in [1.54, 1.807) is 47.8 Å². The Hall–Kier alpha value is -2.28. The SMILES string of the molecule is COc1ccc(S(=O)(=O)N2CCn3cccc3[C@H]2c2ccc(Cl)cc2)cc1. The normalized spacial score (nSPS) is 17.5. The Bertz CT molecular complexity index is 1040. The lowest BCUT2D eigenvalue weighted by atomic mass is 10.0. The van der Waals surface area contributed by atoms with Gasteiger partial charge in [-0.1, -0.05) is 23.7 Å². The molecule has 0 amide bonds. The van der Waals surface area contributed by atoms with Crippen LogP contribution >= 0.6 is 11.6 Å². The molecule has 0 radical (unpaired) electrons. The summed E-state index contributed by atoms with van der Waals surface area (Å²) in [6.45, 7) is 1.01. The van der Waals surface area contributed by atoms with Crippen LogP contribution in [0.5, 0.6) is 5.75 Å². The number of aromatic nitrogens is 1. The molecule has 1 aromatic heterocycles. The van der Waals surface area contributed by atoms with Crippen LogP contribution in [0.4, 0.5) is 0 Å². The topological polar surface area (TPSA) is 51.5 Å². The quantitative estimate of drug-likeness (QED) is 0.664.